The van der Waals surface area contributed by atoms with Crippen LogP contribution >= 0.6 is 0 Å². The third-order valence-electron chi connectivity index (χ3n) is 6.54. The average molecular weight is 447 g/mol. The maximum absolute atomic E-state index is 4.49. The van der Waals surface area contributed by atoms with Gasteiger partial charge in [0.15, 0.2) is 0 Å². The second-order valence-corrected chi connectivity index (χ2v) is 8.98. The Morgan fingerprint density at radius 3 is 2.06 bits per heavy atom. The van der Waals surface area contributed by atoms with Gasteiger partial charge in [0, 0.05) is 5.92 Å². The van der Waals surface area contributed by atoms with Crippen molar-refractivity contribution in [2.45, 2.75) is 51.9 Å². The molecule has 0 spiro atoms. The van der Waals surface area contributed by atoms with Crippen LogP contribution in [-0.2, 0) is 12.8 Å². The van der Waals surface area contributed by atoms with E-state index in [1.54, 1.807) is 0 Å². The molecule has 3 aromatic rings. The van der Waals surface area contributed by atoms with Crippen LogP contribution in [-0.4, -0.2) is 0 Å². The Balaban J connectivity index is 1.62. The third kappa shape index (κ3) is 6.81. The lowest BCUT2D eigenvalue weighted by atomic mass is 9.81. The molecule has 34 heavy (non-hydrogen) atoms. The number of benzene rings is 3. The fourth-order valence-electron chi connectivity index (χ4n) is 4.52. The molecule has 0 heterocycles. The van der Waals surface area contributed by atoms with Gasteiger partial charge in [0.25, 0.3) is 0 Å². The van der Waals surface area contributed by atoms with Crippen LogP contribution in [0.25, 0.3) is 11.6 Å². The summed E-state index contributed by atoms with van der Waals surface area (Å²) in [7, 11) is 0. The fourth-order valence-corrected chi connectivity index (χ4v) is 4.52. The predicted octanol–water partition coefficient (Wildman–Crippen LogP) is 9.60. The molecule has 0 N–H and O–H groups in total. The first-order valence-corrected chi connectivity index (χ1v) is 12.4. The summed E-state index contributed by atoms with van der Waals surface area (Å²) in [6.07, 6.45) is 9.36. The number of hydrogen-bond acceptors (Lipinski definition) is 0. The summed E-state index contributed by atoms with van der Waals surface area (Å²) in [5.41, 5.74) is 10.1. The zero-order valence-electron chi connectivity index (χ0n) is 20.9. The monoisotopic (exact) mass is 446 g/mol. The van der Waals surface area contributed by atoms with Crippen molar-refractivity contribution in [3.63, 3.8) is 0 Å². The summed E-state index contributed by atoms with van der Waals surface area (Å²) >= 11 is 0. The van der Waals surface area contributed by atoms with E-state index in [1.807, 2.05) is 6.07 Å². The molecule has 0 heteroatoms. The van der Waals surface area contributed by atoms with E-state index in [-0.39, 0.29) is 5.92 Å². The van der Waals surface area contributed by atoms with Gasteiger partial charge in [0.2, 0.25) is 0 Å². The van der Waals surface area contributed by atoms with E-state index >= 15 is 0 Å². The molecule has 0 saturated heterocycles. The Morgan fingerprint density at radius 1 is 0.765 bits per heavy atom. The van der Waals surface area contributed by atoms with Gasteiger partial charge in [0.1, 0.15) is 0 Å². The standard InChI is InChI=1S/C34H38/c1-6-30-24-23-29(25-31(30)7-2)16-14-15-26(3)21-22-27(4)34(33-19-12-9-13-20-33)28(5)32-17-10-8-11-18-32/h8-14,16-20,23-25,34H,3-7,15,21-22H2,1-2H3. The molecule has 0 bridgehead atoms. The van der Waals surface area contributed by atoms with Gasteiger partial charge in [-0.25, -0.2) is 0 Å². The summed E-state index contributed by atoms with van der Waals surface area (Å²) < 4.78 is 0. The molecule has 174 valence electrons. The molecule has 0 aromatic heterocycles. The Hall–Kier alpha value is -3.38. The van der Waals surface area contributed by atoms with Crippen molar-refractivity contribution < 1.29 is 0 Å². The van der Waals surface area contributed by atoms with E-state index in [0.717, 1.165) is 37.7 Å². The average Bonchev–Trinajstić information content (AvgIpc) is 2.88. The number of aryl methyl sites for hydroxylation is 2. The predicted molar refractivity (Wildman–Crippen MR) is 151 cm³/mol. The molecule has 3 rings (SSSR count). The summed E-state index contributed by atoms with van der Waals surface area (Å²) in [6.45, 7) is 17.7. The van der Waals surface area contributed by atoms with Crippen LogP contribution in [0.4, 0.5) is 0 Å². The molecule has 3 aromatic carbocycles. The SMILES string of the molecule is C=C(CC=Cc1ccc(CC)c(CC)c1)CCC(=C)C(C(=C)c1ccccc1)c1ccccc1. The zero-order chi connectivity index (χ0) is 24.3. The van der Waals surface area contributed by atoms with E-state index in [1.165, 1.54) is 39.0 Å². The third-order valence-corrected chi connectivity index (χ3v) is 6.54. The number of allylic oxidation sites excluding steroid dienone is 4. The molecule has 0 aliphatic rings. The lowest BCUT2D eigenvalue weighted by Gasteiger charge is -2.23. The van der Waals surface area contributed by atoms with Crippen molar-refractivity contribution in [1.29, 1.82) is 0 Å². The highest BCUT2D eigenvalue weighted by Crippen LogP contribution is 2.38. The van der Waals surface area contributed by atoms with Gasteiger partial charge < -0.3 is 0 Å². The van der Waals surface area contributed by atoms with Crippen LogP contribution in [0.1, 0.15) is 66.8 Å². The first kappa shape index (κ1) is 25.2. The molecule has 1 atom stereocenters. The van der Waals surface area contributed by atoms with Gasteiger partial charge >= 0.3 is 0 Å². The fraction of sp³-hybridized carbons (Fsp3) is 0.235. The van der Waals surface area contributed by atoms with Gasteiger partial charge in [-0.3, -0.25) is 0 Å². The van der Waals surface area contributed by atoms with Crippen LogP contribution in [0.2, 0.25) is 0 Å². The van der Waals surface area contributed by atoms with Crippen molar-refractivity contribution in [2.75, 3.05) is 0 Å². The van der Waals surface area contributed by atoms with Crippen molar-refractivity contribution >= 4 is 11.6 Å². The topological polar surface area (TPSA) is 0 Å². The highest BCUT2D eigenvalue weighted by molar-refractivity contribution is 5.72. The first-order chi connectivity index (χ1) is 16.5. The minimum Gasteiger partial charge on any atom is -0.0995 e. The quantitative estimate of drug-likeness (QED) is 0.243. The van der Waals surface area contributed by atoms with Crippen LogP contribution in [0.5, 0.6) is 0 Å². The van der Waals surface area contributed by atoms with Crippen molar-refractivity contribution in [3.8, 4) is 0 Å². The largest absolute Gasteiger partial charge is 0.0995 e. The minimum absolute atomic E-state index is 0.108. The minimum atomic E-state index is 0.108. The molecular formula is C34H38. The molecule has 0 nitrogen and oxygen atoms in total. The van der Waals surface area contributed by atoms with Gasteiger partial charge in [0.05, 0.1) is 0 Å². The number of rotatable bonds is 12. The van der Waals surface area contributed by atoms with Gasteiger partial charge in [-0.1, -0.05) is 136 Å². The molecule has 1 unspecified atom stereocenters. The van der Waals surface area contributed by atoms with Gasteiger partial charge in [-0.15, -0.1) is 0 Å². The van der Waals surface area contributed by atoms with Crippen molar-refractivity contribution in [1.82, 2.24) is 0 Å². The Kier molecular flexibility index (Phi) is 9.47. The maximum Gasteiger partial charge on any atom is 0.0296 e. The highest BCUT2D eigenvalue weighted by atomic mass is 14.2. The lowest BCUT2D eigenvalue weighted by Crippen LogP contribution is -2.05. The maximum atomic E-state index is 4.49. The Bertz CT molecular complexity index is 1130. The first-order valence-electron chi connectivity index (χ1n) is 12.4. The highest BCUT2D eigenvalue weighted by Gasteiger charge is 2.19. The van der Waals surface area contributed by atoms with Crippen molar-refractivity contribution in [2.24, 2.45) is 0 Å². The van der Waals surface area contributed by atoms with Crippen LogP contribution < -0.4 is 0 Å². The summed E-state index contributed by atoms with van der Waals surface area (Å²) in [4.78, 5) is 0. The van der Waals surface area contributed by atoms with Crippen LogP contribution in [0.3, 0.4) is 0 Å². The summed E-state index contributed by atoms with van der Waals surface area (Å²) in [5, 5.41) is 0. The molecule has 0 aliphatic carbocycles. The normalized spacial score (nSPS) is 11.9. The van der Waals surface area contributed by atoms with Crippen LogP contribution in [0, 0.1) is 0 Å². The van der Waals surface area contributed by atoms with E-state index in [4.69, 9.17) is 0 Å². The zero-order valence-corrected chi connectivity index (χ0v) is 20.9. The van der Waals surface area contributed by atoms with Crippen LogP contribution in [0.15, 0.2) is 116 Å². The van der Waals surface area contributed by atoms with E-state index in [0.29, 0.717) is 0 Å². The molecular weight excluding hydrogens is 408 g/mol. The summed E-state index contributed by atoms with van der Waals surface area (Å²) in [5.74, 6) is 0.108. The summed E-state index contributed by atoms with van der Waals surface area (Å²) in [6, 6.07) is 27.8. The smallest absolute Gasteiger partial charge is 0.0296 e. The number of hydrogen-bond donors (Lipinski definition) is 0. The van der Waals surface area contributed by atoms with E-state index in [2.05, 4.69) is 119 Å². The van der Waals surface area contributed by atoms with E-state index in [9.17, 15) is 0 Å². The Morgan fingerprint density at radius 2 is 1.41 bits per heavy atom. The van der Waals surface area contributed by atoms with Crippen molar-refractivity contribution in [3.05, 3.63) is 144 Å². The molecule has 0 amide bonds. The Labute approximate surface area is 207 Å². The van der Waals surface area contributed by atoms with Gasteiger partial charge in [-0.2, -0.15) is 0 Å². The second kappa shape index (κ2) is 12.8. The molecule has 0 fully saturated rings. The molecule has 0 radical (unpaired) electrons. The molecule has 0 saturated carbocycles. The van der Waals surface area contributed by atoms with Gasteiger partial charge in [-0.05, 0) is 65.5 Å². The molecule has 0 aliphatic heterocycles. The lowest BCUT2D eigenvalue weighted by molar-refractivity contribution is 0.842. The van der Waals surface area contributed by atoms with E-state index < -0.39 is 0 Å². The second-order valence-electron chi connectivity index (χ2n) is 8.98.